The Morgan fingerprint density at radius 2 is 1.90 bits per heavy atom. The number of pyridine rings is 1. The van der Waals surface area contributed by atoms with Crippen LogP contribution in [0.3, 0.4) is 0 Å². The highest BCUT2D eigenvalue weighted by Crippen LogP contribution is 2.29. The second-order valence-electron chi connectivity index (χ2n) is 9.95. The van der Waals surface area contributed by atoms with Crippen molar-refractivity contribution in [3.63, 3.8) is 0 Å². The number of hydrogen-bond acceptors (Lipinski definition) is 10. The zero-order valence-corrected chi connectivity index (χ0v) is 22.8. The molecule has 40 heavy (non-hydrogen) atoms. The van der Waals surface area contributed by atoms with E-state index in [0.717, 1.165) is 43.6 Å². The Labute approximate surface area is 233 Å². The van der Waals surface area contributed by atoms with Gasteiger partial charge in [0.25, 0.3) is 5.91 Å². The Hall–Kier alpha value is -3.61. The molecule has 12 heteroatoms. The first-order valence-electron chi connectivity index (χ1n) is 13.9. The van der Waals surface area contributed by atoms with Crippen LogP contribution in [0.4, 0.5) is 5.82 Å². The van der Waals surface area contributed by atoms with Gasteiger partial charge >= 0.3 is 0 Å². The Morgan fingerprint density at radius 1 is 1.10 bits per heavy atom. The van der Waals surface area contributed by atoms with E-state index in [1.165, 1.54) is 19.1 Å². The van der Waals surface area contributed by atoms with E-state index in [1.54, 1.807) is 23.1 Å². The van der Waals surface area contributed by atoms with E-state index in [2.05, 4.69) is 20.4 Å². The van der Waals surface area contributed by atoms with Crippen molar-refractivity contribution in [1.29, 1.82) is 0 Å². The number of nitrogens with zero attached hydrogens (tertiary/aromatic N) is 4. The van der Waals surface area contributed by atoms with Crippen molar-refractivity contribution in [3.8, 4) is 11.5 Å². The average molecular weight is 554 g/mol. The molecule has 0 aromatic carbocycles. The number of ketones is 1. The molecule has 0 saturated heterocycles. The quantitative estimate of drug-likeness (QED) is 0.139. The maximum absolute atomic E-state index is 13.0. The fraction of sp³-hybridized carbons (Fsp3) is 0.536. The lowest BCUT2D eigenvalue weighted by Gasteiger charge is -2.05. The van der Waals surface area contributed by atoms with Crippen molar-refractivity contribution < 1.29 is 23.5 Å². The second-order valence-corrected chi connectivity index (χ2v) is 9.95. The molecule has 12 nitrogen and oxygen atoms in total. The summed E-state index contributed by atoms with van der Waals surface area (Å²) in [4.78, 5) is 33.7. The van der Waals surface area contributed by atoms with Crippen molar-refractivity contribution in [1.82, 2.24) is 19.7 Å². The lowest BCUT2D eigenvalue weighted by molar-refractivity contribution is 0.0492. The molecule has 1 aliphatic carbocycles. The fourth-order valence-corrected chi connectivity index (χ4v) is 4.18. The van der Waals surface area contributed by atoms with Gasteiger partial charge in [0.2, 0.25) is 5.89 Å². The molecule has 1 aliphatic rings. The Balaban J connectivity index is 1.24. The van der Waals surface area contributed by atoms with Gasteiger partial charge in [-0.25, -0.2) is 9.97 Å². The number of oxazole rings is 1. The van der Waals surface area contributed by atoms with E-state index in [-0.39, 0.29) is 23.6 Å². The Kier molecular flexibility index (Phi) is 11.2. The van der Waals surface area contributed by atoms with Gasteiger partial charge in [-0.3, -0.25) is 14.3 Å². The zero-order valence-electron chi connectivity index (χ0n) is 22.8. The highest BCUT2D eigenvalue weighted by atomic mass is 16.5. The molecule has 0 spiro atoms. The Morgan fingerprint density at radius 3 is 2.67 bits per heavy atom. The van der Waals surface area contributed by atoms with E-state index in [1.807, 2.05) is 6.07 Å². The van der Waals surface area contributed by atoms with Gasteiger partial charge in [-0.05, 0) is 43.7 Å². The van der Waals surface area contributed by atoms with Crippen LogP contribution in [0.25, 0.3) is 11.5 Å². The summed E-state index contributed by atoms with van der Waals surface area (Å²) in [5.41, 5.74) is 12.4. The van der Waals surface area contributed by atoms with E-state index >= 15 is 0 Å². The van der Waals surface area contributed by atoms with Crippen molar-refractivity contribution in [2.75, 3.05) is 44.8 Å². The molecule has 1 fully saturated rings. The lowest BCUT2D eigenvalue weighted by Crippen LogP contribution is -2.16. The second kappa shape index (κ2) is 15.2. The number of aromatic nitrogens is 4. The van der Waals surface area contributed by atoms with Crippen LogP contribution in [0.5, 0.6) is 0 Å². The first kappa shape index (κ1) is 29.4. The third-order valence-electron chi connectivity index (χ3n) is 6.55. The van der Waals surface area contributed by atoms with Crippen LogP contribution in [0.15, 0.2) is 35.2 Å². The number of carbonyl (C=O) groups excluding carboxylic acids is 2. The maximum Gasteiger partial charge on any atom is 0.269 e. The van der Waals surface area contributed by atoms with Gasteiger partial charge in [0.1, 0.15) is 17.8 Å². The third-order valence-corrected chi connectivity index (χ3v) is 6.55. The topological polar surface area (TPSA) is 173 Å². The standard InChI is InChI=1S/C28H39N7O5/c29-8-12-39-14-13-38-11-4-2-1-3-10-35-18-22(26(34-35)27(30)37)15-24(36)23-19-40-28(33-23)21-7-9-31-25(16-21)32-17-20-5-6-20/h7,9,16,18-20H,1-6,8,10-15,17,29H2,(H2,30,37)(H,31,32). The van der Waals surface area contributed by atoms with Gasteiger partial charge in [-0.1, -0.05) is 12.8 Å². The number of primary amides is 1. The number of ether oxygens (including phenoxy) is 2. The van der Waals surface area contributed by atoms with Crippen LogP contribution < -0.4 is 16.8 Å². The predicted molar refractivity (Wildman–Crippen MR) is 149 cm³/mol. The number of unbranched alkanes of at least 4 members (excludes halogenated alkanes) is 3. The van der Waals surface area contributed by atoms with Crippen LogP contribution in [0.2, 0.25) is 0 Å². The van der Waals surface area contributed by atoms with Crippen molar-refractivity contribution >= 4 is 17.5 Å². The van der Waals surface area contributed by atoms with Gasteiger partial charge in [-0.2, -0.15) is 5.10 Å². The molecule has 5 N–H and O–H groups in total. The summed E-state index contributed by atoms with van der Waals surface area (Å²) in [6, 6.07) is 3.63. The monoisotopic (exact) mass is 553 g/mol. The predicted octanol–water partition coefficient (Wildman–Crippen LogP) is 2.83. The number of aryl methyl sites for hydroxylation is 1. The fourth-order valence-electron chi connectivity index (χ4n) is 4.18. The third kappa shape index (κ3) is 9.25. The summed E-state index contributed by atoms with van der Waals surface area (Å²) in [6.07, 6.45) is 11.0. The number of anilines is 1. The molecule has 0 radical (unpaired) electrons. The van der Waals surface area contributed by atoms with E-state index in [4.69, 9.17) is 25.4 Å². The minimum Gasteiger partial charge on any atom is -0.444 e. The molecule has 216 valence electrons. The number of carbonyl (C=O) groups is 2. The lowest BCUT2D eigenvalue weighted by atomic mass is 10.1. The van der Waals surface area contributed by atoms with Crippen LogP contribution in [-0.4, -0.2) is 71.0 Å². The molecule has 0 unspecified atom stereocenters. The van der Waals surface area contributed by atoms with Gasteiger partial charge in [0.05, 0.1) is 19.8 Å². The SMILES string of the molecule is NCCOCCOCCCCCCn1cc(CC(=O)c2coc(-c3ccnc(NCC4CC4)c3)n2)c(C(N)=O)n1. The summed E-state index contributed by atoms with van der Waals surface area (Å²) >= 11 is 0. The molecule has 0 aliphatic heterocycles. The summed E-state index contributed by atoms with van der Waals surface area (Å²) < 4.78 is 18.1. The van der Waals surface area contributed by atoms with Crippen LogP contribution in [-0.2, 0) is 22.4 Å². The van der Waals surface area contributed by atoms with Gasteiger partial charge in [0.15, 0.2) is 11.5 Å². The van der Waals surface area contributed by atoms with Crippen molar-refractivity contribution in [2.24, 2.45) is 17.4 Å². The van der Waals surface area contributed by atoms with Gasteiger partial charge < -0.3 is 30.7 Å². The van der Waals surface area contributed by atoms with Crippen LogP contribution in [0.1, 0.15) is 65.1 Å². The first-order chi connectivity index (χ1) is 19.5. The number of amides is 1. The number of Topliss-reactive ketones (excluding diaryl/α,β-unsaturated/α-hetero) is 1. The molecule has 1 saturated carbocycles. The highest BCUT2D eigenvalue weighted by Gasteiger charge is 2.22. The van der Waals surface area contributed by atoms with E-state index in [0.29, 0.717) is 56.9 Å². The molecule has 4 rings (SSSR count). The molecular formula is C28H39N7O5. The van der Waals surface area contributed by atoms with Crippen molar-refractivity contribution in [3.05, 3.63) is 47.7 Å². The normalized spacial score (nSPS) is 13.0. The summed E-state index contributed by atoms with van der Waals surface area (Å²) in [5.74, 6) is 0.835. The highest BCUT2D eigenvalue weighted by molar-refractivity contribution is 5.99. The minimum absolute atomic E-state index is 0.0544. The summed E-state index contributed by atoms with van der Waals surface area (Å²) in [5, 5.41) is 7.64. The molecular weight excluding hydrogens is 514 g/mol. The molecule has 0 atom stereocenters. The van der Waals surface area contributed by atoms with Gasteiger partial charge in [-0.15, -0.1) is 0 Å². The minimum atomic E-state index is -0.669. The zero-order chi connectivity index (χ0) is 28.2. The first-order valence-corrected chi connectivity index (χ1v) is 13.9. The summed E-state index contributed by atoms with van der Waals surface area (Å²) in [6.45, 7) is 4.40. The van der Waals surface area contributed by atoms with E-state index < -0.39 is 5.91 Å². The van der Waals surface area contributed by atoms with Crippen LogP contribution >= 0.6 is 0 Å². The average Bonchev–Trinajstić information content (AvgIpc) is 3.48. The molecule has 3 heterocycles. The van der Waals surface area contributed by atoms with Gasteiger partial charge in [0, 0.05) is 56.2 Å². The largest absolute Gasteiger partial charge is 0.444 e. The molecule has 1 amide bonds. The molecule has 3 aromatic rings. The maximum atomic E-state index is 13.0. The van der Waals surface area contributed by atoms with Crippen molar-refractivity contribution in [2.45, 2.75) is 51.5 Å². The smallest absolute Gasteiger partial charge is 0.269 e. The van der Waals surface area contributed by atoms with E-state index in [9.17, 15) is 9.59 Å². The summed E-state index contributed by atoms with van der Waals surface area (Å²) in [7, 11) is 0. The molecule has 0 bridgehead atoms. The number of rotatable bonds is 20. The van der Waals surface area contributed by atoms with Crippen LogP contribution in [0, 0.1) is 5.92 Å². The molecule has 3 aromatic heterocycles. The number of hydrogen-bond donors (Lipinski definition) is 3. The number of nitrogens with two attached hydrogens (primary N) is 2. The Bertz CT molecular complexity index is 1240. The number of nitrogens with one attached hydrogen (secondary N) is 1.